The molecular weight excluding hydrogens is 408 g/mol. The van der Waals surface area contributed by atoms with Gasteiger partial charge in [0, 0.05) is 6.54 Å². The maximum absolute atomic E-state index is 6.23. The molecule has 0 atom stereocenters. The summed E-state index contributed by atoms with van der Waals surface area (Å²) in [5.41, 5.74) is 3.38. The van der Waals surface area contributed by atoms with Crippen LogP contribution in [0.25, 0.3) is 11.0 Å². The number of rotatable bonds is 9. The Morgan fingerprint density at radius 1 is 0.903 bits per heavy atom. The smallest absolute Gasteiger partial charge is 0.148 e. The molecular formula is C26H27ClN2O2. The third-order valence-corrected chi connectivity index (χ3v) is 5.58. The normalized spacial score (nSPS) is 11.2. The van der Waals surface area contributed by atoms with Crippen molar-refractivity contribution >= 4 is 22.6 Å². The maximum atomic E-state index is 6.23. The van der Waals surface area contributed by atoms with Gasteiger partial charge in [0.1, 0.15) is 23.9 Å². The highest BCUT2D eigenvalue weighted by atomic mass is 35.5. The lowest BCUT2D eigenvalue weighted by atomic mass is 10.0. The second-order valence-corrected chi connectivity index (χ2v) is 8.22. The first-order valence-electron chi connectivity index (χ1n) is 10.7. The van der Waals surface area contributed by atoms with Gasteiger partial charge in [-0.3, -0.25) is 0 Å². The zero-order valence-electron chi connectivity index (χ0n) is 17.9. The number of aryl methyl sites for hydroxylation is 1. The van der Waals surface area contributed by atoms with Crippen molar-refractivity contribution < 1.29 is 9.47 Å². The van der Waals surface area contributed by atoms with E-state index >= 15 is 0 Å². The number of aromatic nitrogens is 2. The Balaban J connectivity index is 1.41. The molecule has 1 heterocycles. The summed E-state index contributed by atoms with van der Waals surface area (Å²) in [5.74, 6) is 2.97. The molecule has 0 saturated carbocycles. The summed E-state index contributed by atoms with van der Waals surface area (Å²) >= 11 is 6.23. The Morgan fingerprint density at radius 2 is 1.65 bits per heavy atom. The van der Waals surface area contributed by atoms with Gasteiger partial charge in [-0.1, -0.05) is 61.8 Å². The molecule has 0 saturated heterocycles. The Kier molecular flexibility index (Phi) is 6.78. The summed E-state index contributed by atoms with van der Waals surface area (Å²) in [7, 11) is 0. The molecule has 0 spiro atoms. The van der Waals surface area contributed by atoms with E-state index in [-0.39, 0.29) is 0 Å². The van der Waals surface area contributed by atoms with Crippen LogP contribution >= 0.6 is 11.6 Å². The van der Waals surface area contributed by atoms with Crippen LogP contribution in [0.3, 0.4) is 0 Å². The number of nitrogens with zero attached hydrogens (tertiary/aromatic N) is 2. The van der Waals surface area contributed by atoms with Crippen LogP contribution in [0.4, 0.5) is 0 Å². The van der Waals surface area contributed by atoms with Crippen molar-refractivity contribution in [2.75, 3.05) is 6.61 Å². The summed E-state index contributed by atoms with van der Waals surface area (Å²) < 4.78 is 14.1. The molecule has 0 aliphatic carbocycles. The molecule has 0 unspecified atom stereocenters. The Morgan fingerprint density at radius 3 is 2.42 bits per heavy atom. The molecule has 4 rings (SSSR count). The molecule has 3 aromatic carbocycles. The Bertz CT molecular complexity index is 1140. The Hall–Kier alpha value is -2.98. The number of fused-ring (bicyclic) bond motifs is 1. The molecule has 0 aliphatic rings. The molecule has 0 amide bonds. The highest BCUT2D eigenvalue weighted by Gasteiger charge is 2.12. The molecule has 4 aromatic rings. The van der Waals surface area contributed by atoms with Gasteiger partial charge in [0.05, 0.1) is 22.7 Å². The fourth-order valence-corrected chi connectivity index (χ4v) is 3.74. The van der Waals surface area contributed by atoms with E-state index in [2.05, 4.69) is 36.6 Å². The quantitative estimate of drug-likeness (QED) is 0.270. The van der Waals surface area contributed by atoms with E-state index in [1.165, 1.54) is 5.56 Å². The molecule has 1 aromatic heterocycles. The summed E-state index contributed by atoms with van der Waals surface area (Å²) in [4.78, 5) is 4.77. The van der Waals surface area contributed by atoms with Gasteiger partial charge in [0.15, 0.2) is 0 Å². The van der Waals surface area contributed by atoms with Crippen molar-refractivity contribution in [1.82, 2.24) is 9.55 Å². The molecule has 0 bridgehead atoms. The SMILES string of the molecule is CC(C)c1ccc(OCCCn2c(COc3ccccc3Cl)nc3ccccc32)cc1. The number of imidazole rings is 1. The minimum Gasteiger partial charge on any atom is -0.494 e. The van der Waals surface area contributed by atoms with Gasteiger partial charge >= 0.3 is 0 Å². The molecule has 0 radical (unpaired) electrons. The van der Waals surface area contributed by atoms with E-state index in [9.17, 15) is 0 Å². The highest BCUT2D eigenvalue weighted by molar-refractivity contribution is 6.32. The molecule has 5 heteroatoms. The zero-order valence-corrected chi connectivity index (χ0v) is 18.7. The van der Waals surface area contributed by atoms with Crippen molar-refractivity contribution in [3.8, 4) is 11.5 Å². The van der Waals surface area contributed by atoms with Crippen LogP contribution in [-0.4, -0.2) is 16.2 Å². The molecule has 4 nitrogen and oxygen atoms in total. The highest BCUT2D eigenvalue weighted by Crippen LogP contribution is 2.25. The van der Waals surface area contributed by atoms with Crippen LogP contribution in [0.5, 0.6) is 11.5 Å². The van der Waals surface area contributed by atoms with Crippen LogP contribution in [-0.2, 0) is 13.2 Å². The predicted molar refractivity (Wildman–Crippen MR) is 126 cm³/mol. The average molecular weight is 435 g/mol. The predicted octanol–water partition coefficient (Wildman–Crippen LogP) is 6.86. The number of para-hydroxylation sites is 3. The minimum atomic E-state index is 0.357. The van der Waals surface area contributed by atoms with Crippen LogP contribution in [0.1, 0.15) is 37.6 Å². The van der Waals surface area contributed by atoms with Crippen molar-refractivity contribution in [1.29, 1.82) is 0 Å². The van der Waals surface area contributed by atoms with Gasteiger partial charge in [-0.05, 0) is 54.3 Å². The van der Waals surface area contributed by atoms with Crippen LogP contribution in [0.2, 0.25) is 5.02 Å². The van der Waals surface area contributed by atoms with Crippen molar-refractivity contribution in [3.63, 3.8) is 0 Å². The van der Waals surface area contributed by atoms with Gasteiger partial charge in [0.2, 0.25) is 0 Å². The average Bonchev–Trinajstić information content (AvgIpc) is 3.14. The number of hydrogen-bond donors (Lipinski definition) is 0. The van der Waals surface area contributed by atoms with Gasteiger partial charge < -0.3 is 14.0 Å². The fourth-order valence-electron chi connectivity index (χ4n) is 3.55. The zero-order chi connectivity index (χ0) is 21.6. The largest absolute Gasteiger partial charge is 0.494 e. The first-order chi connectivity index (χ1) is 15.1. The van der Waals surface area contributed by atoms with E-state index < -0.39 is 0 Å². The lowest BCUT2D eigenvalue weighted by Gasteiger charge is -2.12. The van der Waals surface area contributed by atoms with Crippen LogP contribution in [0.15, 0.2) is 72.8 Å². The van der Waals surface area contributed by atoms with Crippen molar-refractivity contribution in [2.45, 2.75) is 39.3 Å². The third kappa shape index (κ3) is 5.20. The van der Waals surface area contributed by atoms with Crippen molar-refractivity contribution in [3.05, 3.63) is 89.2 Å². The topological polar surface area (TPSA) is 36.3 Å². The van der Waals surface area contributed by atoms with E-state index in [1.54, 1.807) is 0 Å². The number of benzene rings is 3. The number of hydrogen-bond acceptors (Lipinski definition) is 3. The lowest BCUT2D eigenvalue weighted by Crippen LogP contribution is -2.10. The summed E-state index contributed by atoms with van der Waals surface area (Å²) in [6, 6.07) is 24.0. The molecule has 0 N–H and O–H groups in total. The van der Waals surface area contributed by atoms with Crippen LogP contribution in [0, 0.1) is 0 Å². The second kappa shape index (κ2) is 9.88. The molecule has 31 heavy (non-hydrogen) atoms. The third-order valence-electron chi connectivity index (χ3n) is 5.27. The number of halogens is 1. The van der Waals surface area contributed by atoms with Gasteiger partial charge in [-0.25, -0.2) is 4.98 Å². The van der Waals surface area contributed by atoms with Gasteiger partial charge in [-0.15, -0.1) is 0 Å². The van der Waals surface area contributed by atoms with Crippen molar-refractivity contribution in [2.24, 2.45) is 0 Å². The van der Waals surface area contributed by atoms with Crippen LogP contribution < -0.4 is 9.47 Å². The van der Waals surface area contributed by atoms with E-state index in [1.807, 2.05) is 54.6 Å². The summed E-state index contributed by atoms with van der Waals surface area (Å²) in [6.45, 7) is 6.18. The number of ether oxygens (including phenoxy) is 2. The van der Waals surface area contributed by atoms with E-state index in [0.717, 1.165) is 35.6 Å². The molecule has 0 fully saturated rings. The molecule has 160 valence electrons. The minimum absolute atomic E-state index is 0.357. The van der Waals surface area contributed by atoms with E-state index in [0.29, 0.717) is 29.9 Å². The summed E-state index contributed by atoms with van der Waals surface area (Å²) in [5, 5.41) is 0.599. The van der Waals surface area contributed by atoms with Gasteiger partial charge in [0.25, 0.3) is 0 Å². The molecule has 0 aliphatic heterocycles. The fraction of sp³-hybridized carbons (Fsp3) is 0.269. The second-order valence-electron chi connectivity index (χ2n) is 7.81. The van der Waals surface area contributed by atoms with E-state index in [4.69, 9.17) is 26.1 Å². The monoisotopic (exact) mass is 434 g/mol. The first-order valence-corrected chi connectivity index (χ1v) is 11.0. The lowest BCUT2D eigenvalue weighted by molar-refractivity contribution is 0.280. The maximum Gasteiger partial charge on any atom is 0.148 e. The Labute approximate surface area is 188 Å². The standard InChI is InChI=1S/C26H27ClN2O2/c1-19(2)20-12-14-21(15-13-20)30-17-7-16-29-24-10-5-4-9-23(24)28-26(29)18-31-25-11-6-3-8-22(25)27/h3-6,8-15,19H,7,16-18H2,1-2H3. The van der Waals surface area contributed by atoms with Gasteiger partial charge in [-0.2, -0.15) is 0 Å². The first kappa shape index (κ1) is 21.3. The summed E-state index contributed by atoms with van der Waals surface area (Å²) in [6.07, 6.45) is 0.866.